The maximum absolute atomic E-state index is 4.46. The molecule has 1 nitrogen and oxygen atoms in total. The zero-order chi connectivity index (χ0) is 10.7. The zero-order valence-corrected chi connectivity index (χ0v) is 10.2. The third kappa shape index (κ3) is 2.45. The van der Waals surface area contributed by atoms with E-state index in [9.17, 15) is 0 Å². The van der Waals surface area contributed by atoms with Crippen LogP contribution in [0.1, 0.15) is 11.3 Å². The van der Waals surface area contributed by atoms with Gasteiger partial charge in [0.2, 0.25) is 0 Å². The van der Waals surface area contributed by atoms with Gasteiger partial charge in [0, 0.05) is 16.4 Å². The Bertz CT molecular complexity index is 503. The van der Waals surface area contributed by atoms with Crippen molar-refractivity contribution in [3.8, 4) is 0 Å². The summed E-state index contributed by atoms with van der Waals surface area (Å²) in [5, 5.41) is 2.08. The van der Waals surface area contributed by atoms with E-state index >= 15 is 0 Å². The predicted octanol–water partition coefficient (Wildman–Crippen LogP) is 3.95. The molecular weight excluding hydrogens is 250 g/mol. The third-order valence-electron chi connectivity index (χ3n) is 2.25. The molecule has 15 heavy (non-hydrogen) atoms. The summed E-state index contributed by atoms with van der Waals surface area (Å²) in [6.45, 7) is 2.01. The molecule has 0 spiro atoms. The van der Waals surface area contributed by atoms with Crippen LogP contribution in [0.4, 0.5) is 0 Å². The van der Waals surface area contributed by atoms with Gasteiger partial charge in [-0.05, 0) is 30.7 Å². The van der Waals surface area contributed by atoms with E-state index < -0.39 is 0 Å². The molecule has 1 aromatic heterocycles. The number of aryl methyl sites for hydroxylation is 1. The largest absolute Gasteiger partial charge is 0.253 e. The van der Waals surface area contributed by atoms with Gasteiger partial charge in [0.05, 0.1) is 5.52 Å². The second-order valence-corrected chi connectivity index (χ2v) is 4.11. The molecule has 1 aromatic carbocycles. The maximum atomic E-state index is 4.46. The van der Waals surface area contributed by atoms with Crippen LogP contribution >= 0.6 is 15.9 Å². The summed E-state index contributed by atoms with van der Waals surface area (Å²) >= 11 is 3.37. The minimum absolute atomic E-state index is 0.886. The Morgan fingerprint density at radius 1 is 1.27 bits per heavy atom. The molecule has 0 aliphatic heterocycles. The van der Waals surface area contributed by atoms with Gasteiger partial charge in [0.25, 0.3) is 0 Å². The minimum atomic E-state index is 0.886. The fourth-order valence-corrected chi connectivity index (χ4v) is 1.72. The maximum Gasteiger partial charge on any atom is 0.0705 e. The van der Waals surface area contributed by atoms with Crippen LogP contribution in [-0.2, 0) is 0 Å². The Hall–Kier alpha value is -1.15. The second kappa shape index (κ2) is 4.58. The van der Waals surface area contributed by atoms with E-state index in [1.807, 2.05) is 13.0 Å². The summed E-state index contributed by atoms with van der Waals surface area (Å²) in [5.74, 6) is 0. The van der Waals surface area contributed by atoms with Gasteiger partial charge in [-0.2, -0.15) is 0 Å². The van der Waals surface area contributed by atoms with Crippen LogP contribution in [-0.4, -0.2) is 10.3 Å². The zero-order valence-electron chi connectivity index (χ0n) is 8.57. The van der Waals surface area contributed by atoms with Crippen molar-refractivity contribution in [3.63, 3.8) is 0 Å². The Labute approximate surface area is 98.0 Å². The molecule has 0 fully saturated rings. The number of fused-ring (bicyclic) bond motifs is 1. The lowest BCUT2D eigenvalue weighted by Gasteiger charge is -2.00. The summed E-state index contributed by atoms with van der Waals surface area (Å²) in [5.41, 5.74) is 3.34. The first-order chi connectivity index (χ1) is 7.29. The quantitative estimate of drug-likeness (QED) is 0.747. The molecule has 1 heterocycles. The molecule has 2 heteroatoms. The summed E-state index contributed by atoms with van der Waals surface area (Å²) in [4.78, 5) is 4.46. The number of rotatable bonds is 2. The van der Waals surface area contributed by atoms with Gasteiger partial charge in [-0.25, -0.2) is 0 Å². The molecule has 0 aliphatic rings. The van der Waals surface area contributed by atoms with Crippen LogP contribution in [0.2, 0.25) is 0 Å². The fraction of sp³-hybridized carbons (Fsp3) is 0.154. The highest BCUT2D eigenvalue weighted by atomic mass is 79.9. The molecule has 0 amide bonds. The number of pyridine rings is 1. The van der Waals surface area contributed by atoms with Crippen LogP contribution in [0.5, 0.6) is 0 Å². The van der Waals surface area contributed by atoms with Gasteiger partial charge in [-0.3, -0.25) is 4.98 Å². The summed E-state index contributed by atoms with van der Waals surface area (Å²) in [6.07, 6.45) is 4.19. The molecule has 0 radical (unpaired) electrons. The molecule has 0 bridgehead atoms. The number of alkyl halides is 1. The van der Waals surface area contributed by atoms with Gasteiger partial charge >= 0.3 is 0 Å². The van der Waals surface area contributed by atoms with E-state index in [0.29, 0.717) is 0 Å². The number of aromatic nitrogens is 1. The van der Waals surface area contributed by atoms with Crippen molar-refractivity contribution < 1.29 is 0 Å². The average molecular weight is 262 g/mol. The van der Waals surface area contributed by atoms with Crippen LogP contribution in [0.25, 0.3) is 17.0 Å². The van der Waals surface area contributed by atoms with E-state index in [0.717, 1.165) is 16.5 Å². The van der Waals surface area contributed by atoms with E-state index in [2.05, 4.69) is 57.3 Å². The molecule has 0 saturated heterocycles. The lowest BCUT2D eigenvalue weighted by molar-refractivity contribution is 1.26. The van der Waals surface area contributed by atoms with E-state index in [1.165, 1.54) is 10.9 Å². The number of hydrogen-bond donors (Lipinski definition) is 0. The Morgan fingerprint density at radius 3 is 2.93 bits per heavy atom. The molecule has 2 aromatic rings. The van der Waals surface area contributed by atoms with Crippen LogP contribution < -0.4 is 0 Å². The van der Waals surface area contributed by atoms with Crippen molar-refractivity contribution in [3.05, 3.63) is 47.7 Å². The van der Waals surface area contributed by atoms with Crippen LogP contribution in [0.3, 0.4) is 0 Å². The SMILES string of the molecule is Cc1ccc2cc(/C=C/CBr)ccc2n1. The Kier molecular flexibility index (Phi) is 3.17. The summed E-state index contributed by atoms with van der Waals surface area (Å²) in [6, 6.07) is 10.5. The highest BCUT2D eigenvalue weighted by molar-refractivity contribution is 9.09. The van der Waals surface area contributed by atoms with Crippen molar-refractivity contribution in [2.45, 2.75) is 6.92 Å². The number of halogens is 1. The number of benzene rings is 1. The molecule has 0 unspecified atom stereocenters. The monoisotopic (exact) mass is 261 g/mol. The van der Waals surface area contributed by atoms with Crippen molar-refractivity contribution in [1.29, 1.82) is 0 Å². The van der Waals surface area contributed by atoms with E-state index in [4.69, 9.17) is 0 Å². The fourth-order valence-electron chi connectivity index (χ4n) is 1.53. The molecule has 76 valence electrons. The minimum Gasteiger partial charge on any atom is -0.253 e. The van der Waals surface area contributed by atoms with Crippen LogP contribution in [0, 0.1) is 6.92 Å². The first-order valence-electron chi connectivity index (χ1n) is 4.89. The van der Waals surface area contributed by atoms with Gasteiger partial charge in [-0.15, -0.1) is 0 Å². The third-order valence-corrected chi connectivity index (χ3v) is 2.63. The number of hydrogen-bond acceptors (Lipinski definition) is 1. The molecule has 0 N–H and O–H groups in total. The van der Waals surface area contributed by atoms with Crippen molar-refractivity contribution in [1.82, 2.24) is 4.98 Å². The number of nitrogens with zero attached hydrogens (tertiary/aromatic N) is 1. The van der Waals surface area contributed by atoms with Crippen molar-refractivity contribution in [2.24, 2.45) is 0 Å². The highest BCUT2D eigenvalue weighted by Gasteiger charge is 1.95. The molecule has 0 saturated carbocycles. The highest BCUT2D eigenvalue weighted by Crippen LogP contribution is 2.15. The molecule has 0 aliphatic carbocycles. The second-order valence-electron chi connectivity index (χ2n) is 3.46. The lowest BCUT2D eigenvalue weighted by Crippen LogP contribution is -1.83. The Morgan fingerprint density at radius 2 is 2.13 bits per heavy atom. The van der Waals surface area contributed by atoms with Gasteiger partial charge in [-0.1, -0.05) is 40.2 Å². The van der Waals surface area contributed by atoms with Gasteiger partial charge in [0.1, 0.15) is 0 Å². The van der Waals surface area contributed by atoms with Gasteiger partial charge < -0.3 is 0 Å². The summed E-state index contributed by atoms with van der Waals surface area (Å²) < 4.78 is 0. The molecular formula is C13H12BrN. The first kappa shape index (κ1) is 10.4. The van der Waals surface area contributed by atoms with E-state index in [-0.39, 0.29) is 0 Å². The standard InChI is InChI=1S/C13H12BrN/c1-10-4-6-12-9-11(3-2-8-14)5-7-13(12)15-10/h2-7,9H,8H2,1H3/b3-2+. The van der Waals surface area contributed by atoms with Crippen molar-refractivity contribution in [2.75, 3.05) is 5.33 Å². The molecule has 0 atom stereocenters. The van der Waals surface area contributed by atoms with E-state index in [1.54, 1.807) is 0 Å². The Balaban J connectivity index is 2.47. The topological polar surface area (TPSA) is 12.9 Å². The first-order valence-corrected chi connectivity index (χ1v) is 6.01. The summed E-state index contributed by atoms with van der Waals surface area (Å²) in [7, 11) is 0. The normalized spacial score (nSPS) is 11.3. The lowest BCUT2D eigenvalue weighted by atomic mass is 10.1. The predicted molar refractivity (Wildman–Crippen MR) is 69.3 cm³/mol. The van der Waals surface area contributed by atoms with Crippen LogP contribution in [0.15, 0.2) is 36.4 Å². The smallest absolute Gasteiger partial charge is 0.0705 e. The number of allylic oxidation sites excluding steroid dienone is 1. The van der Waals surface area contributed by atoms with Gasteiger partial charge in [0.15, 0.2) is 0 Å². The average Bonchev–Trinajstić information content (AvgIpc) is 2.26. The van der Waals surface area contributed by atoms with Crippen molar-refractivity contribution >= 4 is 32.9 Å². The molecule has 2 rings (SSSR count).